The van der Waals surface area contributed by atoms with Gasteiger partial charge in [-0.2, -0.15) is 0 Å². The molecule has 1 fully saturated rings. The maximum absolute atomic E-state index is 12.3. The van der Waals surface area contributed by atoms with Crippen molar-refractivity contribution in [2.24, 2.45) is 5.92 Å². The molecule has 0 amide bonds. The Balaban J connectivity index is 2.45. The zero-order chi connectivity index (χ0) is 19.6. The first-order chi connectivity index (χ1) is 12.1. The monoisotopic (exact) mass is 362 g/mol. The summed E-state index contributed by atoms with van der Waals surface area (Å²) in [7, 11) is 0. The zero-order valence-electron chi connectivity index (χ0n) is 15.4. The topological polar surface area (TPSA) is 93.1 Å². The highest BCUT2D eigenvalue weighted by atomic mass is 16.6. The number of carbonyl (C=O) groups excluding carboxylic acids is 2. The summed E-state index contributed by atoms with van der Waals surface area (Å²) in [5.74, 6) is -1.68. The van der Waals surface area contributed by atoms with Gasteiger partial charge in [0, 0.05) is 24.0 Å². The normalized spacial score (nSPS) is 33.3. The summed E-state index contributed by atoms with van der Waals surface area (Å²) in [4.78, 5) is 24.3. The molecule has 2 N–H and O–H groups in total. The third kappa shape index (κ3) is 4.14. The molecule has 1 aliphatic carbocycles. The lowest BCUT2D eigenvalue weighted by molar-refractivity contribution is -0.147. The fraction of sp³-hybridized carbons (Fsp3) is 0.500. The van der Waals surface area contributed by atoms with Gasteiger partial charge in [0.2, 0.25) is 0 Å². The van der Waals surface area contributed by atoms with Crippen LogP contribution in [-0.2, 0) is 19.1 Å². The SMILES string of the molecule is C=C1C(=O)O[C@H]2C=C(C)[C@@H](O)C[C@H](O)C(=C)C[C@@H](OC(=O)C(C)=CC)[C@@H]12. The van der Waals surface area contributed by atoms with Gasteiger partial charge in [0.05, 0.1) is 18.1 Å². The second kappa shape index (κ2) is 8.01. The van der Waals surface area contributed by atoms with Crippen molar-refractivity contribution in [3.05, 3.63) is 47.6 Å². The fourth-order valence-corrected chi connectivity index (χ4v) is 3.10. The molecule has 2 rings (SSSR count). The molecule has 0 saturated carbocycles. The van der Waals surface area contributed by atoms with Crippen LogP contribution in [0.5, 0.6) is 0 Å². The van der Waals surface area contributed by atoms with E-state index < -0.39 is 42.3 Å². The van der Waals surface area contributed by atoms with Crippen molar-refractivity contribution in [2.45, 2.75) is 58.0 Å². The average Bonchev–Trinajstić information content (AvgIpc) is 2.86. The fourth-order valence-electron chi connectivity index (χ4n) is 3.10. The molecule has 1 aliphatic heterocycles. The highest BCUT2D eigenvalue weighted by molar-refractivity contribution is 5.92. The Labute approximate surface area is 153 Å². The van der Waals surface area contributed by atoms with Crippen molar-refractivity contribution in [3.63, 3.8) is 0 Å². The van der Waals surface area contributed by atoms with Crippen molar-refractivity contribution in [1.29, 1.82) is 0 Å². The number of ether oxygens (including phenoxy) is 2. The average molecular weight is 362 g/mol. The van der Waals surface area contributed by atoms with E-state index in [0.717, 1.165) is 0 Å². The predicted molar refractivity (Wildman–Crippen MR) is 96.0 cm³/mol. The Morgan fingerprint density at radius 1 is 1.35 bits per heavy atom. The Hall–Kier alpha value is -2.18. The second-order valence-corrected chi connectivity index (χ2v) is 6.88. The van der Waals surface area contributed by atoms with Crippen molar-refractivity contribution in [2.75, 3.05) is 0 Å². The van der Waals surface area contributed by atoms with Crippen molar-refractivity contribution in [1.82, 2.24) is 0 Å². The van der Waals surface area contributed by atoms with E-state index >= 15 is 0 Å². The summed E-state index contributed by atoms with van der Waals surface area (Å²) in [6, 6.07) is 0. The number of hydrogen-bond donors (Lipinski definition) is 2. The third-order valence-corrected chi connectivity index (χ3v) is 5.01. The number of allylic oxidation sites excluding steroid dienone is 1. The second-order valence-electron chi connectivity index (χ2n) is 6.88. The molecule has 0 aromatic heterocycles. The van der Waals surface area contributed by atoms with Gasteiger partial charge in [0.25, 0.3) is 0 Å². The number of esters is 2. The van der Waals surface area contributed by atoms with Crippen LogP contribution in [0.15, 0.2) is 47.6 Å². The molecular formula is C20H26O6. The first-order valence-corrected chi connectivity index (χ1v) is 8.61. The maximum Gasteiger partial charge on any atom is 0.334 e. The van der Waals surface area contributed by atoms with E-state index in [4.69, 9.17) is 9.47 Å². The molecule has 1 heterocycles. The smallest absolute Gasteiger partial charge is 0.334 e. The molecule has 26 heavy (non-hydrogen) atoms. The molecule has 1 saturated heterocycles. The van der Waals surface area contributed by atoms with Crippen LogP contribution in [0.25, 0.3) is 0 Å². The van der Waals surface area contributed by atoms with Crippen LogP contribution in [0.1, 0.15) is 33.6 Å². The number of carbonyl (C=O) groups is 2. The molecular weight excluding hydrogens is 336 g/mol. The number of fused-ring (bicyclic) bond motifs is 1. The maximum atomic E-state index is 12.3. The minimum absolute atomic E-state index is 0.0714. The van der Waals surface area contributed by atoms with Gasteiger partial charge in [0.1, 0.15) is 12.2 Å². The summed E-state index contributed by atoms with van der Waals surface area (Å²) in [6.07, 6.45) is 0.173. The molecule has 2 aliphatic rings. The van der Waals surface area contributed by atoms with Crippen LogP contribution in [0.4, 0.5) is 0 Å². The molecule has 0 spiro atoms. The Morgan fingerprint density at radius 3 is 2.62 bits per heavy atom. The van der Waals surface area contributed by atoms with Crippen LogP contribution >= 0.6 is 0 Å². The van der Waals surface area contributed by atoms with E-state index in [9.17, 15) is 19.8 Å². The molecule has 6 heteroatoms. The molecule has 0 bridgehead atoms. The van der Waals surface area contributed by atoms with Crippen molar-refractivity contribution in [3.8, 4) is 0 Å². The summed E-state index contributed by atoms with van der Waals surface area (Å²) in [5, 5.41) is 20.5. The van der Waals surface area contributed by atoms with Crippen LogP contribution < -0.4 is 0 Å². The largest absolute Gasteiger partial charge is 0.458 e. The van der Waals surface area contributed by atoms with E-state index in [2.05, 4.69) is 13.2 Å². The van der Waals surface area contributed by atoms with Gasteiger partial charge in [-0.25, -0.2) is 9.59 Å². The van der Waals surface area contributed by atoms with Gasteiger partial charge in [-0.1, -0.05) is 19.2 Å². The highest BCUT2D eigenvalue weighted by Gasteiger charge is 2.45. The molecule has 5 atom stereocenters. The molecule has 0 unspecified atom stereocenters. The Kier molecular flexibility index (Phi) is 6.21. The summed E-state index contributed by atoms with van der Waals surface area (Å²) in [6.45, 7) is 12.7. The van der Waals surface area contributed by atoms with E-state index in [0.29, 0.717) is 16.7 Å². The molecule has 0 radical (unpaired) electrons. The first kappa shape index (κ1) is 20.1. The van der Waals surface area contributed by atoms with Gasteiger partial charge in [-0.3, -0.25) is 0 Å². The quantitative estimate of drug-likeness (QED) is 0.443. The third-order valence-electron chi connectivity index (χ3n) is 5.01. The van der Waals surface area contributed by atoms with Crippen molar-refractivity contribution < 1.29 is 29.3 Å². The predicted octanol–water partition coefficient (Wildman–Crippen LogP) is 1.98. The molecule has 142 valence electrons. The molecule has 0 aromatic carbocycles. The number of rotatable bonds is 2. The van der Waals surface area contributed by atoms with Crippen LogP contribution in [-0.4, -0.2) is 46.6 Å². The lowest BCUT2D eigenvalue weighted by Crippen LogP contribution is -2.36. The Bertz CT molecular complexity index is 686. The lowest BCUT2D eigenvalue weighted by atomic mass is 9.83. The van der Waals surface area contributed by atoms with Gasteiger partial charge in [-0.05, 0) is 38.0 Å². The van der Waals surface area contributed by atoms with E-state index in [-0.39, 0.29) is 18.4 Å². The van der Waals surface area contributed by atoms with E-state index in [1.54, 1.807) is 32.9 Å². The molecule has 0 aromatic rings. The summed E-state index contributed by atoms with van der Waals surface area (Å²) < 4.78 is 11.0. The number of aliphatic hydroxyl groups is 2. The van der Waals surface area contributed by atoms with Crippen LogP contribution in [0, 0.1) is 5.92 Å². The van der Waals surface area contributed by atoms with Crippen LogP contribution in [0.2, 0.25) is 0 Å². The summed E-state index contributed by atoms with van der Waals surface area (Å²) in [5.41, 5.74) is 1.61. The first-order valence-electron chi connectivity index (χ1n) is 8.61. The Morgan fingerprint density at radius 2 is 2.00 bits per heavy atom. The minimum Gasteiger partial charge on any atom is -0.458 e. The van der Waals surface area contributed by atoms with Crippen molar-refractivity contribution >= 4 is 11.9 Å². The number of aliphatic hydroxyl groups excluding tert-OH is 2. The highest BCUT2D eigenvalue weighted by Crippen LogP contribution is 2.37. The van der Waals surface area contributed by atoms with Gasteiger partial charge in [-0.15, -0.1) is 0 Å². The summed E-state index contributed by atoms with van der Waals surface area (Å²) >= 11 is 0. The zero-order valence-corrected chi connectivity index (χ0v) is 15.4. The minimum atomic E-state index is -0.958. The molecule has 6 nitrogen and oxygen atoms in total. The van der Waals surface area contributed by atoms with E-state index in [1.807, 2.05) is 0 Å². The van der Waals surface area contributed by atoms with Gasteiger partial charge >= 0.3 is 11.9 Å². The van der Waals surface area contributed by atoms with Gasteiger partial charge in [0.15, 0.2) is 0 Å². The van der Waals surface area contributed by atoms with E-state index in [1.165, 1.54) is 0 Å². The standard InChI is InChI=1S/C20H26O6/c1-6-10(2)19(23)25-16-7-11(3)14(21)9-15(22)12(4)8-17-18(16)13(5)20(24)26-17/h6,8,14-18,21-22H,3,5,7,9H2,1-2,4H3/t14-,15-,16+,17-,18+/m0/s1. The van der Waals surface area contributed by atoms with Gasteiger partial charge < -0.3 is 19.7 Å². The van der Waals surface area contributed by atoms with Crippen LogP contribution in [0.3, 0.4) is 0 Å². The number of hydrogen-bond acceptors (Lipinski definition) is 6. The lowest BCUT2D eigenvalue weighted by Gasteiger charge is -2.30.